The van der Waals surface area contributed by atoms with Crippen molar-refractivity contribution in [1.29, 1.82) is 0 Å². The minimum Gasteiger partial charge on any atom is -0.356 e. The summed E-state index contributed by atoms with van der Waals surface area (Å²) in [6, 6.07) is 8.88. The number of hydrogen-bond acceptors (Lipinski definition) is 2. The van der Waals surface area contributed by atoms with Gasteiger partial charge in [0.25, 0.3) is 0 Å². The Morgan fingerprint density at radius 3 is 2.90 bits per heavy atom. The molecule has 1 aliphatic heterocycles. The van der Waals surface area contributed by atoms with E-state index in [-0.39, 0.29) is 18.3 Å². The van der Waals surface area contributed by atoms with Crippen LogP contribution in [0.1, 0.15) is 36.8 Å². The van der Waals surface area contributed by atoms with Crippen LogP contribution >= 0.6 is 12.4 Å². The lowest BCUT2D eigenvalue weighted by Gasteiger charge is -2.11. The van der Waals surface area contributed by atoms with Crippen LogP contribution in [0.25, 0.3) is 0 Å². The molecule has 112 valence electrons. The zero-order valence-electron chi connectivity index (χ0n) is 12.2. The first kappa shape index (κ1) is 17.0. The summed E-state index contributed by atoms with van der Waals surface area (Å²) < 4.78 is 0. The van der Waals surface area contributed by atoms with E-state index >= 15 is 0 Å². The van der Waals surface area contributed by atoms with Crippen LogP contribution < -0.4 is 10.6 Å². The summed E-state index contributed by atoms with van der Waals surface area (Å²) >= 11 is 0. The largest absolute Gasteiger partial charge is 0.356 e. The summed E-state index contributed by atoms with van der Waals surface area (Å²) in [5.74, 6) is 0.168. The van der Waals surface area contributed by atoms with E-state index in [1.54, 1.807) is 0 Å². The second-order valence-corrected chi connectivity index (χ2v) is 5.36. The second-order valence-electron chi connectivity index (χ2n) is 5.36. The molecule has 0 aliphatic carbocycles. The molecule has 3 nitrogen and oxygen atoms in total. The van der Waals surface area contributed by atoms with Crippen molar-refractivity contribution >= 4 is 18.3 Å². The van der Waals surface area contributed by atoms with E-state index in [0.29, 0.717) is 12.5 Å². The molecule has 2 rings (SSSR count). The highest BCUT2D eigenvalue weighted by Gasteiger charge is 2.13. The van der Waals surface area contributed by atoms with Crippen molar-refractivity contribution < 1.29 is 4.79 Å². The highest BCUT2D eigenvalue weighted by atomic mass is 35.5. The molecule has 2 N–H and O–H groups in total. The molecular weight excluding hydrogens is 272 g/mol. The Kier molecular flexibility index (Phi) is 7.63. The van der Waals surface area contributed by atoms with Crippen LogP contribution in [0.5, 0.6) is 0 Å². The lowest BCUT2D eigenvalue weighted by molar-refractivity contribution is -0.121. The fraction of sp³-hybridized carbons (Fsp3) is 0.562. The molecule has 0 unspecified atom stereocenters. The number of nitrogens with one attached hydrogen (secondary N) is 2. The van der Waals surface area contributed by atoms with Crippen molar-refractivity contribution in [3.05, 3.63) is 35.4 Å². The molecule has 20 heavy (non-hydrogen) atoms. The molecule has 0 saturated carbocycles. The highest BCUT2D eigenvalue weighted by Crippen LogP contribution is 2.10. The number of hydrogen-bond donors (Lipinski definition) is 2. The van der Waals surface area contributed by atoms with Crippen LogP contribution in [0.15, 0.2) is 24.3 Å². The average Bonchev–Trinajstić information content (AvgIpc) is 2.91. The predicted molar refractivity (Wildman–Crippen MR) is 85.4 cm³/mol. The molecule has 0 bridgehead atoms. The first-order chi connectivity index (χ1) is 9.25. The zero-order chi connectivity index (χ0) is 13.5. The summed E-state index contributed by atoms with van der Waals surface area (Å²) in [6.07, 6.45) is 4.99. The molecule has 1 heterocycles. The third kappa shape index (κ3) is 5.51. The van der Waals surface area contributed by atoms with E-state index in [1.807, 2.05) is 12.1 Å². The van der Waals surface area contributed by atoms with Crippen molar-refractivity contribution in [1.82, 2.24) is 10.6 Å². The topological polar surface area (TPSA) is 41.1 Å². The third-order valence-corrected chi connectivity index (χ3v) is 3.86. The maximum absolute atomic E-state index is 11.8. The van der Waals surface area contributed by atoms with Crippen LogP contribution in [-0.4, -0.2) is 25.0 Å². The molecule has 1 amide bonds. The second kappa shape index (κ2) is 8.98. The number of halogens is 1. The molecular formula is C16H25ClN2O. The van der Waals surface area contributed by atoms with Crippen molar-refractivity contribution in [3.63, 3.8) is 0 Å². The van der Waals surface area contributed by atoms with E-state index in [1.165, 1.54) is 24.0 Å². The van der Waals surface area contributed by atoms with Gasteiger partial charge in [-0.2, -0.15) is 0 Å². The molecule has 1 atom stereocenters. The van der Waals surface area contributed by atoms with E-state index in [4.69, 9.17) is 0 Å². The number of benzene rings is 1. The summed E-state index contributed by atoms with van der Waals surface area (Å²) in [7, 11) is 0. The van der Waals surface area contributed by atoms with Crippen LogP contribution in [0, 0.1) is 6.92 Å². The molecule has 0 spiro atoms. The number of aryl methyl sites for hydroxylation is 2. The lowest BCUT2D eigenvalue weighted by atomic mass is 10.0. The van der Waals surface area contributed by atoms with Gasteiger partial charge in [0.15, 0.2) is 0 Å². The summed E-state index contributed by atoms with van der Waals surface area (Å²) in [6.45, 7) is 4.02. The third-order valence-electron chi connectivity index (χ3n) is 3.86. The molecule has 1 saturated heterocycles. The van der Waals surface area contributed by atoms with Crippen LogP contribution in [0.3, 0.4) is 0 Å². The Morgan fingerprint density at radius 2 is 2.20 bits per heavy atom. The van der Waals surface area contributed by atoms with Crippen LogP contribution in [0.4, 0.5) is 0 Å². The number of rotatable bonds is 6. The van der Waals surface area contributed by atoms with Gasteiger partial charge in [0, 0.05) is 19.0 Å². The summed E-state index contributed by atoms with van der Waals surface area (Å²) in [4.78, 5) is 11.8. The summed E-state index contributed by atoms with van der Waals surface area (Å²) in [5.41, 5.74) is 2.54. The maximum Gasteiger partial charge on any atom is 0.220 e. The Morgan fingerprint density at radius 1 is 1.40 bits per heavy atom. The van der Waals surface area contributed by atoms with Crippen molar-refractivity contribution in [2.75, 3.05) is 13.1 Å². The molecule has 1 aliphatic rings. The molecule has 1 fully saturated rings. The van der Waals surface area contributed by atoms with E-state index in [9.17, 15) is 4.79 Å². The van der Waals surface area contributed by atoms with Crippen molar-refractivity contribution in [2.45, 2.75) is 45.1 Å². The van der Waals surface area contributed by atoms with E-state index in [2.05, 4.69) is 29.7 Å². The highest BCUT2D eigenvalue weighted by molar-refractivity contribution is 5.85. The zero-order valence-corrected chi connectivity index (χ0v) is 13.0. The fourth-order valence-corrected chi connectivity index (χ4v) is 2.62. The van der Waals surface area contributed by atoms with Crippen LogP contribution in [-0.2, 0) is 11.2 Å². The van der Waals surface area contributed by atoms with Gasteiger partial charge >= 0.3 is 0 Å². The Bertz CT molecular complexity index is 417. The van der Waals surface area contributed by atoms with Gasteiger partial charge in [-0.1, -0.05) is 24.3 Å². The number of amides is 1. The number of carbonyl (C=O) groups excluding carboxylic acids is 1. The van der Waals surface area contributed by atoms with Gasteiger partial charge in [0.2, 0.25) is 5.91 Å². The monoisotopic (exact) mass is 296 g/mol. The fourth-order valence-electron chi connectivity index (χ4n) is 2.62. The van der Waals surface area contributed by atoms with Gasteiger partial charge in [-0.05, 0) is 50.3 Å². The molecule has 0 aromatic heterocycles. The van der Waals surface area contributed by atoms with E-state index < -0.39 is 0 Å². The predicted octanol–water partition coefficient (Wildman–Crippen LogP) is 2.61. The molecule has 4 heteroatoms. The summed E-state index contributed by atoms with van der Waals surface area (Å²) in [5, 5.41) is 6.46. The molecule has 1 aromatic carbocycles. The van der Waals surface area contributed by atoms with Gasteiger partial charge in [0.1, 0.15) is 0 Å². The first-order valence-electron chi connectivity index (χ1n) is 7.30. The van der Waals surface area contributed by atoms with Gasteiger partial charge in [-0.15, -0.1) is 12.4 Å². The standard InChI is InChI=1S/C16H24N2O.ClH/c1-13-5-2-3-6-14(13)8-9-16(19)18-12-10-15-7-4-11-17-15;/h2-3,5-6,15,17H,4,7-12H2,1H3,(H,18,19);1H/t15-;/m1./s1. The first-order valence-corrected chi connectivity index (χ1v) is 7.30. The van der Waals surface area contributed by atoms with Crippen LogP contribution in [0.2, 0.25) is 0 Å². The Labute approximate surface area is 127 Å². The smallest absolute Gasteiger partial charge is 0.220 e. The minimum atomic E-state index is 0. The van der Waals surface area contributed by atoms with E-state index in [0.717, 1.165) is 25.9 Å². The van der Waals surface area contributed by atoms with Gasteiger partial charge in [-0.3, -0.25) is 4.79 Å². The maximum atomic E-state index is 11.8. The lowest BCUT2D eigenvalue weighted by Crippen LogP contribution is -2.30. The average molecular weight is 297 g/mol. The Balaban J connectivity index is 0.00000200. The molecule has 0 radical (unpaired) electrons. The van der Waals surface area contributed by atoms with Gasteiger partial charge < -0.3 is 10.6 Å². The number of carbonyl (C=O) groups is 1. The SMILES string of the molecule is Cc1ccccc1CCC(=O)NCC[C@H]1CCCN1.Cl. The van der Waals surface area contributed by atoms with Crippen molar-refractivity contribution in [3.8, 4) is 0 Å². The normalized spacial score (nSPS) is 17.6. The van der Waals surface area contributed by atoms with Gasteiger partial charge in [0.05, 0.1) is 0 Å². The van der Waals surface area contributed by atoms with Crippen molar-refractivity contribution in [2.24, 2.45) is 0 Å². The molecule has 1 aromatic rings. The Hall–Kier alpha value is -1.06. The quantitative estimate of drug-likeness (QED) is 0.847. The van der Waals surface area contributed by atoms with Gasteiger partial charge in [-0.25, -0.2) is 0 Å². The minimum absolute atomic E-state index is 0.